The van der Waals surface area contributed by atoms with Crippen molar-refractivity contribution in [2.45, 2.75) is 38.8 Å². The van der Waals surface area contributed by atoms with E-state index in [4.69, 9.17) is 10.7 Å². The minimum Gasteiger partial charge on any atom is -0.480 e. The van der Waals surface area contributed by atoms with Crippen LogP contribution < -0.4 is 11.1 Å². The molecule has 2 amide bonds. The lowest BCUT2D eigenvalue weighted by molar-refractivity contribution is -0.139. The number of para-hydroxylation sites is 1. The zero-order chi connectivity index (χ0) is 20.3. The third-order valence-corrected chi connectivity index (χ3v) is 5.08. The lowest BCUT2D eigenvalue weighted by Crippen LogP contribution is -2.42. The fourth-order valence-corrected chi connectivity index (χ4v) is 3.55. The fourth-order valence-electron chi connectivity index (χ4n) is 3.55. The molecule has 148 valence electrons. The summed E-state index contributed by atoms with van der Waals surface area (Å²) in [5.41, 5.74) is 8.00. The number of pyridine rings is 1. The number of amides is 2. The molecule has 3 rings (SSSR count). The molecule has 1 aliphatic rings. The van der Waals surface area contributed by atoms with E-state index in [9.17, 15) is 19.5 Å². The largest absolute Gasteiger partial charge is 0.480 e. The van der Waals surface area contributed by atoms with Gasteiger partial charge in [-0.15, -0.1) is 0 Å². The number of nitrogens with zero attached hydrogens (tertiary/aromatic N) is 2. The van der Waals surface area contributed by atoms with Crippen molar-refractivity contribution in [1.29, 1.82) is 0 Å². The van der Waals surface area contributed by atoms with Crippen molar-refractivity contribution < 1.29 is 19.5 Å². The lowest BCUT2D eigenvalue weighted by atomic mass is 9.95. The molecule has 1 unspecified atom stereocenters. The first-order chi connectivity index (χ1) is 13.4. The highest BCUT2D eigenvalue weighted by Crippen LogP contribution is 2.28. The summed E-state index contributed by atoms with van der Waals surface area (Å²) >= 11 is 0. The fraction of sp³-hybridized carbons (Fsp3) is 0.400. The van der Waals surface area contributed by atoms with Crippen LogP contribution in [0.4, 0.5) is 0 Å². The van der Waals surface area contributed by atoms with Crippen molar-refractivity contribution in [2.24, 2.45) is 5.73 Å². The maximum Gasteiger partial charge on any atom is 0.326 e. The van der Waals surface area contributed by atoms with Gasteiger partial charge in [-0.1, -0.05) is 25.1 Å². The van der Waals surface area contributed by atoms with Crippen molar-refractivity contribution in [3.63, 3.8) is 0 Å². The number of benzene rings is 1. The van der Waals surface area contributed by atoms with Gasteiger partial charge in [0.05, 0.1) is 11.1 Å². The second-order valence-electron chi connectivity index (χ2n) is 6.92. The van der Waals surface area contributed by atoms with Gasteiger partial charge in [-0.05, 0) is 19.0 Å². The number of fused-ring (bicyclic) bond motifs is 2. The number of carboxylic acid groups (broad SMARTS) is 1. The standard InChI is InChI=1S/C20H24N4O4/c1-2-24-10-9-15-13(11-24)18(12-5-3-4-6-14(12)22-15)19(26)23-16(20(27)28)7-8-17(21)25/h3-6,16H,2,7-11H2,1H3,(H2,21,25)(H,23,26)(H,27,28). The van der Waals surface area contributed by atoms with E-state index in [-0.39, 0.29) is 12.8 Å². The molecule has 2 aromatic rings. The predicted molar refractivity (Wildman–Crippen MR) is 104 cm³/mol. The Morgan fingerprint density at radius 3 is 2.75 bits per heavy atom. The number of carbonyl (C=O) groups is 3. The number of carbonyl (C=O) groups excluding carboxylic acids is 2. The van der Waals surface area contributed by atoms with Gasteiger partial charge in [-0.2, -0.15) is 0 Å². The summed E-state index contributed by atoms with van der Waals surface area (Å²) in [5.74, 6) is -2.27. The lowest BCUT2D eigenvalue weighted by Gasteiger charge is -2.29. The Kier molecular flexibility index (Phi) is 5.89. The summed E-state index contributed by atoms with van der Waals surface area (Å²) in [7, 11) is 0. The predicted octanol–water partition coefficient (Wildman–Crippen LogP) is 1.06. The average Bonchev–Trinajstić information content (AvgIpc) is 2.68. The van der Waals surface area contributed by atoms with Crippen molar-refractivity contribution in [1.82, 2.24) is 15.2 Å². The van der Waals surface area contributed by atoms with Crippen LogP contribution in [0, 0.1) is 0 Å². The molecule has 0 bridgehead atoms. The number of carboxylic acids is 1. The number of nitrogens with one attached hydrogen (secondary N) is 1. The molecule has 0 saturated carbocycles. The molecule has 8 heteroatoms. The van der Waals surface area contributed by atoms with E-state index in [1.54, 1.807) is 0 Å². The summed E-state index contributed by atoms with van der Waals surface area (Å²) in [6, 6.07) is 6.17. The molecule has 2 heterocycles. The first-order valence-corrected chi connectivity index (χ1v) is 9.35. The molecule has 0 spiro atoms. The first-order valence-electron chi connectivity index (χ1n) is 9.35. The first kappa shape index (κ1) is 19.8. The SMILES string of the molecule is CCN1CCc2nc3ccccc3c(C(=O)NC(CCC(N)=O)C(=O)O)c2C1. The Morgan fingerprint density at radius 2 is 2.07 bits per heavy atom. The monoisotopic (exact) mass is 384 g/mol. The zero-order valence-corrected chi connectivity index (χ0v) is 15.8. The van der Waals surface area contributed by atoms with Crippen LogP contribution >= 0.6 is 0 Å². The number of likely N-dealkylation sites (N-methyl/N-ethyl adjacent to an activating group) is 1. The molecule has 0 saturated heterocycles. The van der Waals surface area contributed by atoms with E-state index >= 15 is 0 Å². The molecular weight excluding hydrogens is 360 g/mol. The number of primary amides is 1. The number of nitrogens with two attached hydrogens (primary N) is 1. The van der Waals surface area contributed by atoms with Gasteiger partial charge in [0.2, 0.25) is 5.91 Å². The van der Waals surface area contributed by atoms with Gasteiger partial charge in [0, 0.05) is 42.6 Å². The normalized spacial score (nSPS) is 15.0. The Hall–Kier alpha value is -3.00. The third-order valence-electron chi connectivity index (χ3n) is 5.08. The third kappa shape index (κ3) is 4.12. The molecule has 1 aromatic heterocycles. The van der Waals surface area contributed by atoms with Crippen LogP contribution in [0.3, 0.4) is 0 Å². The van der Waals surface area contributed by atoms with E-state index in [0.29, 0.717) is 23.0 Å². The van der Waals surface area contributed by atoms with Crippen LogP contribution in [0.15, 0.2) is 24.3 Å². The minimum absolute atomic E-state index is 0.0529. The van der Waals surface area contributed by atoms with E-state index in [1.807, 2.05) is 24.3 Å². The van der Waals surface area contributed by atoms with Crippen molar-refractivity contribution in [2.75, 3.05) is 13.1 Å². The van der Waals surface area contributed by atoms with Gasteiger partial charge in [0.15, 0.2) is 0 Å². The summed E-state index contributed by atoms with van der Waals surface area (Å²) in [4.78, 5) is 42.6. The number of aliphatic carboxylic acids is 1. The van der Waals surface area contributed by atoms with Gasteiger partial charge in [0.1, 0.15) is 6.04 Å². The molecule has 0 aliphatic carbocycles. The molecule has 1 atom stereocenters. The molecule has 1 aliphatic heterocycles. The summed E-state index contributed by atoms with van der Waals surface area (Å²) in [6.45, 7) is 4.37. The Morgan fingerprint density at radius 1 is 1.32 bits per heavy atom. The van der Waals surface area contributed by atoms with E-state index in [1.165, 1.54) is 0 Å². The highest BCUT2D eigenvalue weighted by molar-refractivity contribution is 6.08. The molecule has 0 radical (unpaired) electrons. The Labute approximate surface area is 162 Å². The minimum atomic E-state index is -1.20. The van der Waals surface area contributed by atoms with Crippen molar-refractivity contribution in [3.8, 4) is 0 Å². The maximum absolute atomic E-state index is 13.1. The Bertz CT molecular complexity index is 928. The summed E-state index contributed by atoms with van der Waals surface area (Å²) in [6.07, 6.45) is 0.567. The van der Waals surface area contributed by atoms with Gasteiger partial charge in [0.25, 0.3) is 5.91 Å². The maximum atomic E-state index is 13.1. The summed E-state index contributed by atoms with van der Waals surface area (Å²) < 4.78 is 0. The molecule has 0 fully saturated rings. The number of rotatable bonds is 7. The number of aromatic nitrogens is 1. The van der Waals surface area contributed by atoms with Crippen LogP contribution in [0.1, 0.15) is 41.4 Å². The van der Waals surface area contributed by atoms with Crippen LogP contribution in [0.5, 0.6) is 0 Å². The van der Waals surface area contributed by atoms with Crippen molar-refractivity contribution in [3.05, 3.63) is 41.1 Å². The molecule has 4 N–H and O–H groups in total. The highest BCUT2D eigenvalue weighted by atomic mass is 16.4. The van der Waals surface area contributed by atoms with Crippen LogP contribution in [0.2, 0.25) is 0 Å². The Balaban J connectivity index is 2.01. The quantitative estimate of drug-likeness (QED) is 0.655. The van der Waals surface area contributed by atoms with E-state index < -0.39 is 23.8 Å². The summed E-state index contributed by atoms with van der Waals surface area (Å²) in [5, 5.41) is 12.7. The van der Waals surface area contributed by atoms with Gasteiger partial charge >= 0.3 is 5.97 Å². The van der Waals surface area contributed by atoms with Crippen LogP contribution in [0.25, 0.3) is 10.9 Å². The second kappa shape index (κ2) is 8.35. The second-order valence-corrected chi connectivity index (χ2v) is 6.92. The molecule has 8 nitrogen and oxygen atoms in total. The number of hydrogen-bond donors (Lipinski definition) is 3. The molecule has 1 aromatic carbocycles. The van der Waals surface area contributed by atoms with Gasteiger partial charge in [-0.3, -0.25) is 19.5 Å². The van der Waals surface area contributed by atoms with Crippen molar-refractivity contribution >= 4 is 28.7 Å². The van der Waals surface area contributed by atoms with Gasteiger partial charge < -0.3 is 16.2 Å². The zero-order valence-electron chi connectivity index (χ0n) is 15.8. The highest BCUT2D eigenvalue weighted by Gasteiger charge is 2.28. The van der Waals surface area contributed by atoms with Crippen LogP contribution in [-0.2, 0) is 22.6 Å². The van der Waals surface area contributed by atoms with E-state index in [0.717, 1.165) is 30.8 Å². The average molecular weight is 384 g/mol. The van der Waals surface area contributed by atoms with E-state index in [2.05, 4.69) is 17.1 Å². The molecular formula is C20H24N4O4. The molecule has 28 heavy (non-hydrogen) atoms. The van der Waals surface area contributed by atoms with Crippen LogP contribution in [-0.4, -0.2) is 51.9 Å². The number of hydrogen-bond acceptors (Lipinski definition) is 5. The topological polar surface area (TPSA) is 126 Å². The van der Waals surface area contributed by atoms with Gasteiger partial charge in [-0.25, -0.2) is 4.79 Å². The smallest absolute Gasteiger partial charge is 0.326 e.